The first-order valence-electron chi connectivity index (χ1n) is 9.81. The van der Waals surface area contributed by atoms with Crippen LogP contribution in [0.25, 0.3) is 0 Å². The Morgan fingerprint density at radius 2 is 1.84 bits per heavy atom. The highest BCUT2D eigenvalue weighted by Gasteiger charge is 2.37. The van der Waals surface area contributed by atoms with Crippen molar-refractivity contribution in [1.29, 1.82) is 0 Å². The second kappa shape index (κ2) is 10.1. The first-order valence-corrected chi connectivity index (χ1v) is 11.2. The smallest absolute Gasteiger partial charge is 0.309 e. The predicted molar refractivity (Wildman–Crippen MR) is 113 cm³/mol. The van der Waals surface area contributed by atoms with Crippen LogP contribution in [0.1, 0.15) is 11.1 Å². The molecule has 2 amide bonds. The molecule has 0 radical (unpaired) electrons. The van der Waals surface area contributed by atoms with Crippen molar-refractivity contribution in [2.75, 3.05) is 26.8 Å². The highest BCUT2D eigenvalue weighted by atomic mass is 32.2. The van der Waals surface area contributed by atoms with Gasteiger partial charge < -0.3 is 20.1 Å². The van der Waals surface area contributed by atoms with Crippen molar-refractivity contribution in [3.8, 4) is 5.75 Å². The molecule has 1 fully saturated rings. The number of methoxy groups -OCH3 is 1. The lowest BCUT2D eigenvalue weighted by molar-refractivity contribution is -0.139. The highest BCUT2D eigenvalue weighted by molar-refractivity contribution is 7.89. The second-order valence-electron chi connectivity index (χ2n) is 7.09. The van der Waals surface area contributed by atoms with Crippen molar-refractivity contribution in [2.24, 2.45) is 0 Å². The third-order valence-corrected chi connectivity index (χ3v) is 6.81. The highest BCUT2D eigenvalue weighted by Crippen LogP contribution is 2.26. The van der Waals surface area contributed by atoms with E-state index in [1.54, 1.807) is 13.0 Å². The summed E-state index contributed by atoms with van der Waals surface area (Å²) in [4.78, 5) is 24.2. The number of amides is 2. The summed E-state index contributed by atoms with van der Waals surface area (Å²) in [5.41, 5.74) is 1.29. The van der Waals surface area contributed by atoms with E-state index in [0.717, 1.165) is 4.31 Å². The van der Waals surface area contributed by atoms with Crippen LogP contribution in [0.4, 0.5) is 4.39 Å². The average Bonchev–Trinajstić information content (AvgIpc) is 3.26. The largest absolute Gasteiger partial charge is 0.496 e. The Morgan fingerprint density at radius 3 is 2.50 bits per heavy atom. The number of rotatable bonds is 7. The molecule has 32 heavy (non-hydrogen) atoms. The van der Waals surface area contributed by atoms with Crippen LogP contribution in [0.15, 0.2) is 47.4 Å². The standard InChI is InChI=1S/C21H24FN3O6S/c1-14-11-17(7-8-18(14)30-2)32(28,29)25-9-10-31-19(25)13-24-21(27)20(26)23-12-15-3-5-16(22)6-4-15/h3-8,11,19H,9-10,12-13H2,1-2H3,(H,23,26)(H,24,27). The molecule has 1 atom stereocenters. The van der Waals surface area contributed by atoms with Crippen LogP contribution in [-0.2, 0) is 30.9 Å². The molecule has 1 unspecified atom stereocenters. The molecule has 1 saturated heterocycles. The summed E-state index contributed by atoms with van der Waals surface area (Å²) >= 11 is 0. The molecule has 0 saturated carbocycles. The van der Waals surface area contributed by atoms with Crippen LogP contribution in [0, 0.1) is 12.7 Å². The van der Waals surface area contributed by atoms with Crippen LogP contribution < -0.4 is 15.4 Å². The molecule has 0 bridgehead atoms. The molecule has 3 rings (SSSR count). The molecular formula is C21H24FN3O6S. The Bertz CT molecular complexity index is 1090. The van der Waals surface area contributed by atoms with Gasteiger partial charge in [0.15, 0.2) is 0 Å². The lowest BCUT2D eigenvalue weighted by Crippen LogP contribution is -2.47. The van der Waals surface area contributed by atoms with Crippen molar-refractivity contribution >= 4 is 21.8 Å². The fraction of sp³-hybridized carbons (Fsp3) is 0.333. The summed E-state index contributed by atoms with van der Waals surface area (Å²) < 4.78 is 50.8. The lowest BCUT2D eigenvalue weighted by Gasteiger charge is -2.23. The first kappa shape index (κ1) is 23.6. The number of aryl methyl sites for hydroxylation is 1. The summed E-state index contributed by atoms with van der Waals surface area (Å²) in [6.45, 7) is 1.86. The van der Waals surface area contributed by atoms with Crippen molar-refractivity contribution in [3.05, 3.63) is 59.4 Å². The van der Waals surface area contributed by atoms with Crippen molar-refractivity contribution in [1.82, 2.24) is 14.9 Å². The molecule has 1 aliphatic rings. The zero-order valence-corrected chi connectivity index (χ0v) is 18.4. The molecule has 2 aromatic carbocycles. The average molecular weight is 466 g/mol. The third-order valence-electron chi connectivity index (χ3n) is 4.93. The second-order valence-corrected chi connectivity index (χ2v) is 8.98. The van der Waals surface area contributed by atoms with Gasteiger partial charge >= 0.3 is 11.8 Å². The molecule has 0 spiro atoms. The van der Waals surface area contributed by atoms with Gasteiger partial charge in [-0.25, -0.2) is 12.8 Å². The summed E-state index contributed by atoms with van der Waals surface area (Å²) in [7, 11) is -2.38. The minimum absolute atomic E-state index is 0.0454. The van der Waals surface area contributed by atoms with E-state index >= 15 is 0 Å². The minimum atomic E-state index is -3.88. The van der Waals surface area contributed by atoms with E-state index in [0.29, 0.717) is 16.9 Å². The molecule has 9 nitrogen and oxygen atoms in total. The molecular weight excluding hydrogens is 441 g/mol. The zero-order valence-electron chi connectivity index (χ0n) is 17.6. The fourth-order valence-corrected chi connectivity index (χ4v) is 4.81. The number of hydrogen-bond acceptors (Lipinski definition) is 6. The van der Waals surface area contributed by atoms with Gasteiger partial charge in [0.2, 0.25) is 10.0 Å². The van der Waals surface area contributed by atoms with E-state index in [4.69, 9.17) is 9.47 Å². The number of carbonyl (C=O) groups excluding carboxylic acids is 2. The maximum atomic E-state index is 13.0. The van der Waals surface area contributed by atoms with Crippen molar-refractivity contribution in [2.45, 2.75) is 24.6 Å². The van der Waals surface area contributed by atoms with Crippen LogP contribution in [0.3, 0.4) is 0 Å². The molecule has 1 aliphatic heterocycles. The van der Waals surface area contributed by atoms with Crippen LogP contribution in [0.2, 0.25) is 0 Å². The Hall–Kier alpha value is -3.02. The van der Waals surface area contributed by atoms with Crippen LogP contribution in [0.5, 0.6) is 5.75 Å². The Kier molecular flexibility index (Phi) is 7.44. The summed E-state index contributed by atoms with van der Waals surface area (Å²) in [5.74, 6) is -1.66. The van der Waals surface area contributed by atoms with Gasteiger partial charge in [-0.3, -0.25) is 9.59 Å². The Morgan fingerprint density at radius 1 is 1.16 bits per heavy atom. The van der Waals surface area contributed by atoms with E-state index in [9.17, 15) is 22.4 Å². The number of ether oxygens (including phenoxy) is 2. The van der Waals surface area contributed by atoms with E-state index in [-0.39, 0.29) is 31.1 Å². The van der Waals surface area contributed by atoms with Gasteiger partial charge in [0.1, 0.15) is 17.8 Å². The number of nitrogens with one attached hydrogen (secondary N) is 2. The van der Waals surface area contributed by atoms with Gasteiger partial charge in [-0.15, -0.1) is 0 Å². The van der Waals surface area contributed by atoms with E-state index in [1.807, 2.05) is 0 Å². The molecule has 11 heteroatoms. The number of benzene rings is 2. The third kappa shape index (κ3) is 5.42. The van der Waals surface area contributed by atoms with Crippen LogP contribution >= 0.6 is 0 Å². The first-order chi connectivity index (χ1) is 15.2. The monoisotopic (exact) mass is 465 g/mol. The summed E-state index contributed by atoms with van der Waals surface area (Å²) in [6.07, 6.45) is -0.948. The predicted octanol–water partition coefficient (Wildman–Crippen LogP) is 0.922. The number of sulfonamides is 1. The normalized spacial score (nSPS) is 16.5. The number of nitrogens with zero attached hydrogens (tertiary/aromatic N) is 1. The fourth-order valence-electron chi connectivity index (χ4n) is 3.21. The Balaban J connectivity index is 1.58. The maximum absolute atomic E-state index is 13.0. The van der Waals surface area contributed by atoms with Gasteiger partial charge in [0.05, 0.1) is 25.2 Å². The quantitative estimate of drug-likeness (QED) is 0.588. The van der Waals surface area contributed by atoms with E-state index < -0.39 is 33.9 Å². The van der Waals surface area contributed by atoms with E-state index in [2.05, 4.69) is 10.6 Å². The molecule has 1 heterocycles. The SMILES string of the molecule is COc1ccc(S(=O)(=O)N2CCOC2CNC(=O)C(=O)NCc2ccc(F)cc2)cc1C. The van der Waals surface area contributed by atoms with Gasteiger partial charge in [-0.2, -0.15) is 4.31 Å². The number of hydrogen-bond donors (Lipinski definition) is 2. The lowest BCUT2D eigenvalue weighted by atomic mass is 10.2. The van der Waals surface area contributed by atoms with Gasteiger partial charge in [0.25, 0.3) is 0 Å². The Labute approximate surface area is 185 Å². The molecule has 2 aromatic rings. The molecule has 172 valence electrons. The van der Waals surface area contributed by atoms with Crippen molar-refractivity contribution in [3.63, 3.8) is 0 Å². The number of carbonyl (C=O) groups is 2. The molecule has 0 aliphatic carbocycles. The number of halogens is 1. The van der Waals surface area contributed by atoms with Gasteiger partial charge in [0, 0.05) is 13.1 Å². The zero-order chi connectivity index (χ0) is 23.3. The van der Waals surface area contributed by atoms with E-state index in [1.165, 1.54) is 43.5 Å². The topological polar surface area (TPSA) is 114 Å². The summed E-state index contributed by atoms with van der Waals surface area (Å²) in [6, 6.07) is 9.99. The minimum Gasteiger partial charge on any atom is -0.496 e. The summed E-state index contributed by atoms with van der Waals surface area (Å²) in [5, 5.41) is 4.81. The van der Waals surface area contributed by atoms with Gasteiger partial charge in [-0.1, -0.05) is 12.1 Å². The van der Waals surface area contributed by atoms with Crippen molar-refractivity contribution < 1.29 is 31.9 Å². The van der Waals surface area contributed by atoms with Gasteiger partial charge in [-0.05, 0) is 48.4 Å². The molecule has 2 N–H and O–H groups in total. The maximum Gasteiger partial charge on any atom is 0.309 e. The van der Waals surface area contributed by atoms with Crippen LogP contribution in [-0.4, -0.2) is 57.6 Å². The molecule has 0 aromatic heterocycles.